The number of anilines is 1. The number of carbonyl (C=O) groups is 3. The summed E-state index contributed by atoms with van der Waals surface area (Å²) in [6.45, 7) is 3.79. The molecule has 0 spiro atoms. The Morgan fingerprint density at radius 2 is 1.81 bits per heavy atom. The van der Waals surface area contributed by atoms with E-state index in [-0.39, 0.29) is 30.1 Å². The summed E-state index contributed by atoms with van der Waals surface area (Å²) in [5.74, 6) is -1.88. The van der Waals surface area contributed by atoms with Crippen molar-refractivity contribution in [3.63, 3.8) is 0 Å². The molecule has 31 heavy (non-hydrogen) atoms. The third-order valence-electron chi connectivity index (χ3n) is 5.08. The van der Waals surface area contributed by atoms with Crippen molar-refractivity contribution in [1.29, 1.82) is 0 Å². The maximum Gasteiger partial charge on any atom is 0.307 e. The number of aliphatic hydroxyl groups excluding tert-OH is 1. The van der Waals surface area contributed by atoms with Crippen LogP contribution in [0, 0.1) is 5.92 Å². The Hall–Kier alpha value is -3.61. The fourth-order valence-corrected chi connectivity index (χ4v) is 3.71. The SMILES string of the molecule is COc1cccc(C2C(C(=O)CC(C)C)=C(O)C(=O)N2c2ccc(CC(=O)O)cc2)c1. The van der Waals surface area contributed by atoms with Crippen molar-refractivity contribution in [1.82, 2.24) is 0 Å². The van der Waals surface area contributed by atoms with Gasteiger partial charge in [-0.2, -0.15) is 0 Å². The molecule has 1 amide bonds. The molecular formula is C24H25NO6. The number of hydrogen-bond donors (Lipinski definition) is 2. The van der Waals surface area contributed by atoms with E-state index in [0.717, 1.165) is 0 Å². The molecule has 0 radical (unpaired) electrons. The molecule has 0 saturated heterocycles. The monoisotopic (exact) mass is 423 g/mol. The number of rotatable bonds is 8. The van der Waals surface area contributed by atoms with Gasteiger partial charge in [-0.3, -0.25) is 19.3 Å². The lowest BCUT2D eigenvalue weighted by Crippen LogP contribution is -2.31. The van der Waals surface area contributed by atoms with Gasteiger partial charge in [0.25, 0.3) is 5.91 Å². The molecule has 1 atom stereocenters. The number of ether oxygens (including phenoxy) is 1. The molecule has 1 unspecified atom stereocenters. The largest absolute Gasteiger partial charge is 0.503 e. The normalized spacial score (nSPS) is 16.2. The van der Waals surface area contributed by atoms with Crippen LogP contribution in [0.1, 0.15) is 37.4 Å². The summed E-state index contributed by atoms with van der Waals surface area (Å²) < 4.78 is 5.30. The summed E-state index contributed by atoms with van der Waals surface area (Å²) in [6, 6.07) is 12.7. The van der Waals surface area contributed by atoms with Gasteiger partial charge >= 0.3 is 5.97 Å². The van der Waals surface area contributed by atoms with Crippen LogP contribution in [-0.2, 0) is 20.8 Å². The lowest BCUT2D eigenvalue weighted by Gasteiger charge is -2.27. The number of hydrogen-bond acceptors (Lipinski definition) is 5. The lowest BCUT2D eigenvalue weighted by atomic mass is 9.92. The van der Waals surface area contributed by atoms with Gasteiger partial charge in [0.2, 0.25) is 0 Å². The summed E-state index contributed by atoms with van der Waals surface area (Å²) in [7, 11) is 1.52. The minimum absolute atomic E-state index is 0.0539. The topological polar surface area (TPSA) is 104 Å². The molecule has 2 N–H and O–H groups in total. The van der Waals surface area contributed by atoms with Gasteiger partial charge in [0.15, 0.2) is 11.5 Å². The highest BCUT2D eigenvalue weighted by Crippen LogP contribution is 2.42. The molecule has 1 aliphatic heterocycles. The molecule has 0 fully saturated rings. The fraction of sp³-hybridized carbons (Fsp3) is 0.292. The van der Waals surface area contributed by atoms with Crippen LogP contribution in [0.25, 0.3) is 0 Å². The van der Waals surface area contributed by atoms with E-state index in [4.69, 9.17) is 9.84 Å². The summed E-state index contributed by atoms with van der Waals surface area (Å²) in [6.07, 6.45) is 0.0493. The number of ketones is 1. The molecule has 162 valence electrons. The highest BCUT2D eigenvalue weighted by Gasteiger charge is 2.44. The Labute approximate surface area is 180 Å². The van der Waals surface area contributed by atoms with Gasteiger partial charge < -0.3 is 14.9 Å². The highest BCUT2D eigenvalue weighted by atomic mass is 16.5. The smallest absolute Gasteiger partial charge is 0.307 e. The molecule has 1 heterocycles. The summed E-state index contributed by atoms with van der Waals surface area (Å²) in [5.41, 5.74) is 1.71. The van der Waals surface area contributed by atoms with Crippen LogP contribution < -0.4 is 9.64 Å². The molecule has 0 saturated carbocycles. The number of methoxy groups -OCH3 is 1. The molecule has 7 nitrogen and oxygen atoms in total. The van der Waals surface area contributed by atoms with E-state index in [2.05, 4.69) is 0 Å². The first-order valence-electron chi connectivity index (χ1n) is 9.97. The second-order valence-corrected chi connectivity index (χ2v) is 7.87. The Balaban J connectivity index is 2.09. The number of benzene rings is 2. The Morgan fingerprint density at radius 3 is 2.39 bits per heavy atom. The third-order valence-corrected chi connectivity index (χ3v) is 5.08. The average molecular weight is 423 g/mol. The zero-order chi connectivity index (χ0) is 22.7. The number of aliphatic carboxylic acids is 1. The molecule has 1 aliphatic rings. The van der Waals surface area contributed by atoms with Gasteiger partial charge in [-0.1, -0.05) is 38.1 Å². The van der Waals surface area contributed by atoms with Gasteiger partial charge in [-0.15, -0.1) is 0 Å². The molecular weight excluding hydrogens is 398 g/mol. The number of carboxylic acids is 1. The quantitative estimate of drug-likeness (QED) is 0.669. The summed E-state index contributed by atoms with van der Waals surface area (Å²) in [5, 5.41) is 19.6. The standard InChI is InChI=1S/C24H25NO6/c1-14(2)11-19(26)21-22(16-5-4-6-18(13-16)31-3)25(24(30)23(21)29)17-9-7-15(8-10-17)12-20(27)28/h4-10,13-14,22,29H,11-12H2,1-3H3,(H,27,28). The summed E-state index contributed by atoms with van der Waals surface area (Å²) in [4.78, 5) is 38.4. The first-order chi connectivity index (χ1) is 14.7. The van der Waals surface area contributed by atoms with E-state index in [1.807, 2.05) is 13.8 Å². The van der Waals surface area contributed by atoms with Crippen molar-refractivity contribution >= 4 is 23.3 Å². The maximum absolute atomic E-state index is 13.0. The van der Waals surface area contributed by atoms with Crippen molar-refractivity contribution in [2.75, 3.05) is 12.0 Å². The predicted octanol–water partition coefficient (Wildman–Crippen LogP) is 3.84. The highest BCUT2D eigenvalue weighted by molar-refractivity contribution is 6.16. The number of aliphatic hydroxyl groups is 1. The third kappa shape index (κ3) is 4.60. The van der Waals surface area contributed by atoms with E-state index in [9.17, 15) is 19.5 Å². The molecule has 7 heteroatoms. The van der Waals surface area contributed by atoms with Crippen molar-refractivity contribution < 1.29 is 29.3 Å². The maximum atomic E-state index is 13.0. The number of amides is 1. The first kappa shape index (κ1) is 22.1. The molecule has 0 aromatic heterocycles. The fourth-order valence-electron chi connectivity index (χ4n) is 3.71. The molecule has 2 aromatic carbocycles. The molecule has 3 rings (SSSR count). The van der Waals surface area contributed by atoms with Crippen LogP contribution >= 0.6 is 0 Å². The second-order valence-electron chi connectivity index (χ2n) is 7.87. The van der Waals surface area contributed by atoms with Gasteiger partial charge in [-0.25, -0.2) is 0 Å². The zero-order valence-corrected chi connectivity index (χ0v) is 17.7. The Kier molecular flexibility index (Phi) is 6.44. The van der Waals surface area contributed by atoms with Crippen LogP contribution in [-0.4, -0.2) is 35.0 Å². The first-order valence-corrected chi connectivity index (χ1v) is 9.97. The number of carbonyl (C=O) groups excluding carboxylic acids is 2. The van der Waals surface area contributed by atoms with Crippen molar-refractivity contribution in [2.24, 2.45) is 5.92 Å². The van der Waals surface area contributed by atoms with Gasteiger partial charge in [0.05, 0.1) is 25.1 Å². The molecule has 0 aliphatic carbocycles. The van der Waals surface area contributed by atoms with E-state index < -0.39 is 23.7 Å². The van der Waals surface area contributed by atoms with Crippen LogP contribution in [0.2, 0.25) is 0 Å². The Morgan fingerprint density at radius 1 is 1.13 bits per heavy atom. The number of carboxylic acid groups (broad SMARTS) is 1. The van der Waals surface area contributed by atoms with Crippen LogP contribution in [0.4, 0.5) is 5.69 Å². The van der Waals surface area contributed by atoms with E-state index in [0.29, 0.717) is 22.6 Å². The molecule has 0 bridgehead atoms. The van der Waals surface area contributed by atoms with Crippen LogP contribution in [0.5, 0.6) is 5.75 Å². The van der Waals surface area contributed by atoms with Gasteiger partial charge in [0.1, 0.15) is 5.75 Å². The zero-order valence-electron chi connectivity index (χ0n) is 17.7. The second kappa shape index (κ2) is 9.04. The van der Waals surface area contributed by atoms with Crippen molar-refractivity contribution in [2.45, 2.75) is 32.7 Å². The minimum Gasteiger partial charge on any atom is -0.503 e. The van der Waals surface area contributed by atoms with Crippen LogP contribution in [0.15, 0.2) is 59.9 Å². The average Bonchev–Trinajstić information content (AvgIpc) is 2.99. The summed E-state index contributed by atoms with van der Waals surface area (Å²) >= 11 is 0. The predicted molar refractivity (Wildman–Crippen MR) is 115 cm³/mol. The van der Waals surface area contributed by atoms with E-state index >= 15 is 0 Å². The van der Waals surface area contributed by atoms with Crippen molar-refractivity contribution in [3.8, 4) is 5.75 Å². The van der Waals surface area contributed by atoms with Gasteiger partial charge in [0, 0.05) is 12.1 Å². The van der Waals surface area contributed by atoms with E-state index in [1.54, 1.807) is 48.5 Å². The number of nitrogens with zero attached hydrogens (tertiary/aromatic N) is 1. The minimum atomic E-state index is -0.958. The van der Waals surface area contributed by atoms with E-state index in [1.165, 1.54) is 12.0 Å². The van der Waals surface area contributed by atoms with Crippen LogP contribution in [0.3, 0.4) is 0 Å². The Bertz CT molecular complexity index is 1040. The number of Topliss-reactive ketones (excluding diaryl/α,β-unsaturated/α-hetero) is 1. The molecule has 2 aromatic rings. The van der Waals surface area contributed by atoms with Crippen molar-refractivity contribution in [3.05, 3.63) is 71.0 Å². The van der Waals surface area contributed by atoms with Gasteiger partial charge in [-0.05, 0) is 41.3 Å². The lowest BCUT2D eigenvalue weighted by molar-refractivity contribution is -0.136.